The van der Waals surface area contributed by atoms with E-state index in [0.29, 0.717) is 40.3 Å². The van der Waals surface area contributed by atoms with E-state index in [9.17, 15) is 0 Å². The number of carbonyl (C=O) groups is 1. The molecule has 4 bridgehead atoms. The maximum atomic E-state index is 15.4. The predicted octanol–water partition coefficient (Wildman–Crippen LogP) is 8.80. The molecule has 0 saturated heterocycles. The van der Waals surface area contributed by atoms with Crippen molar-refractivity contribution in [2.75, 3.05) is 0 Å². The maximum absolute atomic E-state index is 15.4. The fourth-order valence-corrected chi connectivity index (χ4v) is 14.6. The Kier molecular flexibility index (Phi) is 4.64. The molecule has 2 spiro atoms. The van der Waals surface area contributed by atoms with Crippen LogP contribution in [0.5, 0.6) is 0 Å². The van der Waals surface area contributed by atoms with Crippen molar-refractivity contribution < 1.29 is 4.79 Å². The van der Waals surface area contributed by atoms with Crippen molar-refractivity contribution in [3.05, 3.63) is 0 Å². The second-order valence-corrected chi connectivity index (χ2v) is 17.0. The summed E-state index contributed by atoms with van der Waals surface area (Å²) in [6, 6.07) is 0. The minimum atomic E-state index is -0.153. The summed E-state index contributed by atoms with van der Waals surface area (Å²) < 4.78 is 0. The van der Waals surface area contributed by atoms with E-state index in [1.807, 2.05) is 0 Å². The number of ketones is 1. The van der Waals surface area contributed by atoms with Gasteiger partial charge in [0, 0.05) is 10.8 Å². The standard InChI is InChI=1S/C33H54O/c1-19-11-13-32-17-23(19)28(5,6)25(32)30(9,15-21(32)3)27(34)31(10)16-22(4)33-14-12-20(2)24(18-33)29(7,8)26(31)33/h19-26H,11-18H2,1-10H3/t19-,20-,21-,22-,23+,24+,25-,26-,30-,31-,32+,33+/m1/s1. The van der Waals surface area contributed by atoms with Crippen LogP contribution < -0.4 is 0 Å². The molecule has 12 atom stereocenters. The predicted molar refractivity (Wildman–Crippen MR) is 141 cm³/mol. The molecule has 0 aromatic carbocycles. The molecule has 0 heterocycles. The molecule has 0 unspecified atom stereocenters. The molecule has 1 heteroatoms. The first-order valence-corrected chi connectivity index (χ1v) is 15.1. The van der Waals surface area contributed by atoms with E-state index in [0.717, 1.165) is 36.5 Å². The lowest BCUT2D eigenvalue weighted by atomic mass is 9.52. The van der Waals surface area contributed by atoms with Gasteiger partial charge in [-0.25, -0.2) is 0 Å². The Morgan fingerprint density at radius 2 is 0.941 bits per heavy atom. The van der Waals surface area contributed by atoms with Gasteiger partial charge < -0.3 is 0 Å². The normalized spacial score (nSPS) is 60.8. The van der Waals surface area contributed by atoms with Gasteiger partial charge >= 0.3 is 0 Å². The van der Waals surface area contributed by atoms with Crippen LogP contribution in [-0.2, 0) is 4.79 Å². The lowest BCUT2D eigenvalue weighted by molar-refractivity contribution is -0.149. The minimum absolute atomic E-state index is 0.153. The zero-order chi connectivity index (χ0) is 24.9. The number of Topliss-reactive ketones (excluding diaryl/α,β-unsaturated/α-hetero) is 1. The Balaban J connectivity index is 1.46. The molecule has 6 rings (SSSR count). The Bertz CT molecular complexity index is 842. The topological polar surface area (TPSA) is 17.1 Å². The van der Waals surface area contributed by atoms with Crippen LogP contribution in [0.4, 0.5) is 0 Å². The van der Waals surface area contributed by atoms with Crippen molar-refractivity contribution in [2.45, 2.75) is 121 Å². The molecule has 0 aromatic heterocycles. The van der Waals surface area contributed by atoms with Gasteiger partial charge in [-0.3, -0.25) is 4.79 Å². The average Bonchev–Trinajstić information content (AvgIpc) is 3.27. The van der Waals surface area contributed by atoms with Gasteiger partial charge in [0.1, 0.15) is 5.78 Å². The van der Waals surface area contributed by atoms with Crippen LogP contribution >= 0.6 is 0 Å². The van der Waals surface area contributed by atoms with E-state index >= 15 is 4.79 Å². The number of hydrogen-bond donors (Lipinski definition) is 0. The van der Waals surface area contributed by atoms with Crippen molar-refractivity contribution in [3.8, 4) is 0 Å². The van der Waals surface area contributed by atoms with Gasteiger partial charge in [0.05, 0.1) is 0 Å². The average molecular weight is 467 g/mol. The summed E-state index contributed by atoms with van der Waals surface area (Å²) in [5.74, 6) is 6.45. The maximum Gasteiger partial charge on any atom is 0.145 e. The van der Waals surface area contributed by atoms with Crippen molar-refractivity contribution in [2.24, 2.45) is 79.8 Å². The van der Waals surface area contributed by atoms with Gasteiger partial charge in [0.2, 0.25) is 0 Å². The molecular formula is C33H54O. The molecule has 6 fully saturated rings. The van der Waals surface area contributed by atoms with Gasteiger partial charge in [-0.15, -0.1) is 0 Å². The van der Waals surface area contributed by atoms with E-state index in [1.165, 1.54) is 38.5 Å². The number of hydrogen-bond acceptors (Lipinski definition) is 1. The fourth-order valence-electron chi connectivity index (χ4n) is 14.6. The van der Waals surface area contributed by atoms with Crippen molar-refractivity contribution in [1.82, 2.24) is 0 Å². The third kappa shape index (κ3) is 2.39. The first-order chi connectivity index (χ1) is 15.6. The van der Waals surface area contributed by atoms with Crippen molar-refractivity contribution >= 4 is 5.78 Å². The quantitative estimate of drug-likeness (QED) is 0.397. The molecule has 1 nitrogen and oxygen atoms in total. The Hall–Kier alpha value is -0.330. The van der Waals surface area contributed by atoms with Crippen LogP contribution in [-0.4, -0.2) is 5.78 Å². The van der Waals surface area contributed by atoms with E-state index < -0.39 is 0 Å². The Morgan fingerprint density at radius 3 is 1.29 bits per heavy atom. The van der Waals surface area contributed by atoms with Crippen LogP contribution in [0.15, 0.2) is 0 Å². The first-order valence-electron chi connectivity index (χ1n) is 15.1. The van der Waals surface area contributed by atoms with Crippen LogP contribution in [0.2, 0.25) is 0 Å². The summed E-state index contributed by atoms with van der Waals surface area (Å²) in [6.45, 7) is 25.4. The number of carbonyl (C=O) groups excluding carboxylic acids is 1. The second-order valence-electron chi connectivity index (χ2n) is 17.0. The molecule has 0 aliphatic heterocycles. The minimum Gasteiger partial charge on any atom is -0.298 e. The van der Waals surface area contributed by atoms with Crippen LogP contribution in [0.1, 0.15) is 121 Å². The van der Waals surface area contributed by atoms with Gasteiger partial charge in [-0.05, 0) is 120 Å². The molecule has 0 amide bonds. The lowest BCUT2D eigenvalue weighted by Gasteiger charge is -2.50. The lowest BCUT2D eigenvalue weighted by Crippen LogP contribution is -2.52. The molecular weight excluding hydrogens is 412 g/mol. The summed E-state index contributed by atoms with van der Waals surface area (Å²) >= 11 is 0. The molecule has 6 aliphatic rings. The van der Waals surface area contributed by atoms with Crippen LogP contribution in [0, 0.1) is 79.8 Å². The third-order valence-electron chi connectivity index (χ3n) is 15.0. The van der Waals surface area contributed by atoms with Crippen LogP contribution in [0.3, 0.4) is 0 Å². The fraction of sp³-hybridized carbons (Fsp3) is 0.970. The molecule has 0 aromatic rings. The van der Waals surface area contributed by atoms with E-state index in [-0.39, 0.29) is 21.7 Å². The zero-order valence-electron chi connectivity index (χ0n) is 24.2. The molecule has 192 valence electrons. The highest BCUT2D eigenvalue weighted by Gasteiger charge is 2.77. The summed E-state index contributed by atoms with van der Waals surface area (Å²) in [4.78, 5) is 15.4. The monoisotopic (exact) mass is 466 g/mol. The van der Waals surface area contributed by atoms with E-state index in [1.54, 1.807) is 0 Å². The molecule has 6 saturated carbocycles. The molecule has 6 aliphatic carbocycles. The summed E-state index contributed by atoms with van der Waals surface area (Å²) in [5.41, 5.74) is 1.08. The summed E-state index contributed by atoms with van der Waals surface area (Å²) in [5, 5.41) is 0. The number of fused-ring (bicyclic) bond motifs is 2. The SMILES string of the molecule is C[C@@H]1CC[C@@]23C[C@@H]1C(C)(C)[C@@H]2[C@](C)(C(=O)[C@]1(C)C[C@@H](C)[C@]24CC[C@@H](C)[C@H](C2)C(C)(C)[C@@H]41)C[C@H]3C. The molecule has 0 radical (unpaired) electrons. The smallest absolute Gasteiger partial charge is 0.145 e. The van der Waals surface area contributed by atoms with Crippen molar-refractivity contribution in [3.63, 3.8) is 0 Å². The summed E-state index contributed by atoms with van der Waals surface area (Å²) in [7, 11) is 0. The van der Waals surface area contributed by atoms with Crippen LogP contribution in [0.25, 0.3) is 0 Å². The van der Waals surface area contributed by atoms with Gasteiger partial charge in [-0.2, -0.15) is 0 Å². The highest BCUT2D eigenvalue weighted by molar-refractivity contribution is 5.92. The Morgan fingerprint density at radius 1 is 0.588 bits per heavy atom. The second kappa shape index (κ2) is 6.56. The third-order valence-corrected chi connectivity index (χ3v) is 15.0. The van der Waals surface area contributed by atoms with Gasteiger partial charge in [-0.1, -0.05) is 69.2 Å². The van der Waals surface area contributed by atoms with Gasteiger partial charge in [0.25, 0.3) is 0 Å². The number of rotatable bonds is 2. The highest BCUT2D eigenvalue weighted by Crippen LogP contribution is 2.81. The Labute approximate surface area is 211 Å². The zero-order valence-corrected chi connectivity index (χ0v) is 24.2. The van der Waals surface area contributed by atoms with Gasteiger partial charge in [0.15, 0.2) is 0 Å². The van der Waals surface area contributed by atoms with E-state index in [2.05, 4.69) is 69.2 Å². The van der Waals surface area contributed by atoms with Crippen molar-refractivity contribution in [1.29, 1.82) is 0 Å². The molecule has 34 heavy (non-hydrogen) atoms. The summed E-state index contributed by atoms with van der Waals surface area (Å²) in [6.07, 6.45) is 10.6. The largest absolute Gasteiger partial charge is 0.298 e. The highest BCUT2D eigenvalue weighted by atomic mass is 16.1. The molecule has 0 N–H and O–H groups in total. The van der Waals surface area contributed by atoms with E-state index in [4.69, 9.17) is 0 Å². The first kappa shape index (κ1) is 24.0.